The molecule has 0 unspecified atom stereocenters. The van der Waals surface area contributed by atoms with Crippen molar-refractivity contribution < 1.29 is 23.7 Å². The predicted molar refractivity (Wildman–Crippen MR) is 122 cm³/mol. The van der Waals surface area contributed by atoms with Gasteiger partial charge in [-0.25, -0.2) is 9.78 Å². The summed E-state index contributed by atoms with van der Waals surface area (Å²) >= 11 is 0.925. The van der Waals surface area contributed by atoms with Crippen LogP contribution in [0.5, 0.6) is 0 Å². The fraction of sp³-hybridized carbons (Fsp3) is 0.130. The summed E-state index contributed by atoms with van der Waals surface area (Å²) in [6.07, 6.45) is 0. The molecule has 0 aliphatic carbocycles. The van der Waals surface area contributed by atoms with Gasteiger partial charge in [-0.15, -0.1) is 0 Å². The number of hydrogen-bond donors (Lipinski definition) is 0. The maximum atomic E-state index is 13.6. The number of amides is 1. The number of benzene rings is 2. The largest absolute Gasteiger partial charge is 0.465 e. The Morgan fingerprint density at radius 2 is 1.97 bits per heavy atom. The molecule has 3 heterocycles. The first-order valence-corrected chi connectivity index (χ1v) is 10.8. The molecule has 1 aliphatic rings. The highest BCUT2D eigenvalue weighted by Gasteiger charge is 2.45. The van der Waals surface area contributed by atoms with Crippen molar-refractivity contribution in [1.82, 2.24) is 4.98 Å². The van der Waals surface area contributed by atoms with Gasteiger partial charge >= 0.3 is 5.97 Å². The molecule has 0 saturated carbocycles. The van der Waals surface area contributed by atoms with Gasteiger partial charge in [-0.05, 0) is 24.6 Å². The van der Waals surface area contributed by atoms with Gasteiger partial charge < -0.3 is 9.15 Å². The Kier molecular flexibility index (Phi) is 4.98. The number of nitro groups is 1. The van der Waals surface area contributed by atoms with E-state index in [1.165, 1.54) is 30.2 Å². The van der Waals surface area contributed by atoms with Gasteiger partial charge in [0.2, 0.25) is 5.76 Å². The van der Waals surface area contributed by atoms with E-state index < -0.39 is 28.3 Å². The summed E-state index contributed by atoms with van der Waals surface area (Å²) < 4.78 is 10.6. The Morgan fingerprint density at radius 1 is 1.21 bits per heavy atom. The first-order valence-electron chi connectivity index (χ1n) is 10.0. The smallest absolute Gasteiger partial charge is 0.350 e. The number of aryl methyl sites for hydroxylation is 1. The minimum absolute atomic E-state index is 0.0525. The van der Waals surface area contributed by atoms with E-state index in [0.29, 0.717) is 11.3 Å². The third kappa shape index (κ3) is 3.17. The molecular weight excluding hydrogens is 462 g/mol. The maximum absolute atomic E-state index is 13.6. The Hall–Kier alpha value is -4.38. The molecule has 0 fully saturated rings. The number of carbonyl (C=O) groups excluding carboxylic acids is 2. The summed E-state index contributed by atoms with van der Waals surface area (Å²) in [5, 5.41) is 11.8. The van der Waals surface area contributed by atoms with Gasteiger partial charge in [0.15, 0.2) is 10.6 Å². The molecule has 0 saturated heterocycles. The Bertz CT molecular complexity index is 1570. The van der Waals surface area contributed by atoms with Crippen molar-refractivity contribution in [3.05, 3.63) is 96.3 Å². The third-order valence-electron chi connectivity index (χ3n) is 5.54. The zero-order chi connectivity index (χ0) is 24.1. The van der Waals surface area contributed by atoms with Crippen molar-refractivity contribution in [2.45, 2.75) is 13.0 Å². The maximum Gasteiger partial charge on any atom is 0.350 e. The third-order valence-corrected chi connectivity index (χ3v) is 6.67. The lowest BCUT2D eigenvalue weighted by Crippen LogP contribution is -2.29. The zero-order valence-electron chi connectivity index (χ0n) is 17.8. The van der Waals surface area contributed by atoms with E-state index in [2.05, 4.69) is 4.98 Å². The van der Waals surface area contributed by atoms with Crippen LogP contribution in [-0.2, 0) is 4.74 Å². The van der Waals surface area contributed by atoms with Gasteiger partial charge in [0.25, 0.3) is 11.6 Å². The molecule has 1 aliphatic heterocycles. The highest BCUT2D eigenvalue weighted by Crippen LogP contribution is 2.43. The average Bonchev–Trinajstić information content (AvgIpc) is 3.36. The van der Waals surface area contributed by atoms with Crippen molar-refractivity contribution in [2.24, 2.45) is 0 Å². The van der Waals surface area contributed by atoms with Gasteiger partial charge in [0, 0.05) is 12.1 Å². The van der Waals surface area contributed by atoms with Crippen LogP contribution in [0, 0.1) is 17.0 Å². The molecule has 2 aromatic heterocycles. The van der Waals surface area contributed by atoms with E-state index in [1.807, 2.05) is 0 Å². The van der Waals surface area contributed by atoms with E-state index in [1.54, 1.807) is 37.3 Å². The second kappa shape index (κ2) is 7.89. The molecule has 4 aromatic rings. The second-order valence-corrected chi connectivity index (χ2v) is 8.48. The van der Waals surface area contributed by atoms with Crippen LogP contribution in [0.3, 0.4) is 0 Å². The molecule has 34 heavy (non-hydrogen) atoms. The summed E-state index contributed by atoms with van der Waals surface area (Å²) in [7, 11) is 1.23. The Morgan fingerprint density at radius 3 is 2.71 bits per heavy atom. The number of nitro benzene ring substituents is 1. The number of methoxy groups -OCH3 is 1. The molecule has 10 nitrogen and oxygen atoms in total. The van der Waals surface area contributed by atoms with Crippen LogP contribution >= 0.6 is 11.3 Å². The lowest BCUT2D eigenvalue weighted by Gasteiger charge is -2.22. The van der Waals surface area contributed by atoms with E-state index >= 15 is 0 Å². The highest BCUT2D eigenvalue weighted by molar-refractivity contribution is 7.17. The van der Waals surface area contributed by atoms with Gasteiger partial charge in [-0.2, -0.15) is 0 Å². The molecule has 0 spiro atoms. The summed E-state index contributed by atoms with van der Waals surface area (Å²) in [4.78, 5) is 55.9. The topological polar surface area (TPSA) is 133 Å². The number of esters is 1. The summed E-state index contributed by atoms with van der Waals surface area (Å²) in [6, 6.07) is 11.2. The van der Waals surface area contributed by atoms with Crippen LogP contribution in [0.25, 0.3) is 11.0 Å². The van der Waals surface area contributed by atoms with E-state index in [0.717, 1.165) is 11.3 Å². The van der Waals surface area contributed by atoms with Crippen molar-refractivity contribution in [2.75, 3.05) is 12.0 Å². The van der Waals surface area contributed by atoms with Crippen LogP contribution < -0.4 is 10.3 Å². The zero-order valence-corrected chi connectivity index (χ0v) is 18.6. The van der Waals surface area contributed by atoms with E-state index in [-0.39, 0.29) is 38.0 Å². The second-order valence-electron chi connectivity index (χ2n) is 7.50. The Labute approximate surface area is 195 Å². The van der Waals surface area contributed by atoms with Crippen LogP contribution in [0.2, 0.25) is 0 Å². The number of anilines is 1. The van der Waals surface area contributed by atoms with Crippen LogP contribution in [0.15, 0.2) is 57.7 Å². The summed E-state index contributed by atoms with van der Waals surface area (Å²) in [6.45, 7) is 1.60. The molecule has 5 rings (SSSR count). The number of rotatable bonds is 4. The van der Waals surface area contributed by atoms with E-state index in [9.17, 15) is 24.5 Å². The molecule has 0 radical (unpaired) electrons. The van der Waals surface area contributed by atoms with Crippen LogP contribution in [-0.4, -0.2) is 28.9 Å². The monoisotopic (exact) mass is 477 g/mol. The highest BCUT2D eigenvalue weighted by atomic mass is 32.1. The standard InChI is InChI=1S/C23H15N3O7S/c1-11-20(22(29)32-2)34-23(24-11)25-17(12-6-5-7-13(10-12)26(30)31)16-18(27)14-8-3-4-9-15(14)33-19(16)21(25)28/h3-10,17H,1-2H3/t17-/m1/s1. The Balaban J connectivity index is 1.79. The lowest BCUT2D eigenvalue weighted by molar-refractivity contribution is -0.384. The van der Waals surface area contributed by atoms with E-state index in [4.69, 9.17) is 9.15 Å². The SMILES string of the molecule is COC(=O)c1sc(N2C(=O)c3oc4ccccc4c(=O)c3[C@H]2c2cccc([N+](=O)[O-])c2)nc1C. The quantitative estimate of drug-likeness (QED) is 0.245. The van der Waals surface area contributed by atoms with Gasteiger partial charge in [0.05, 0.1) is 34.7 Å². The summed E-state index contributed by atoms with van der Waals surface area (Å²) in [5.41, 5.74) is 0.343. The number of aromatic nitrogens is 1. The molecular formula is C23H15N3O7S. The number of fused-ring (bicyclic) bond motifs is 2. The fourth-order valence-electron chi connectivity index (χ4n) is 4.01. The van der Waals surface area contributed by atoms with Gasteiger partial charge in [-0.1, -0.05) is 35.6 Å². The first kappa shape index (κ1) is 21.5. The van der Waals surface area contributed by atoms with Gasteiger partial charge in [-0.3, -0.25) is 24.6 Å². The molecule has 1 amide bonds. The number of carbonyl (C=O) groups is 2. The minimum atomic E-state index is -1.04. The van der Waals surface area contributed by atoms with Gasteiger partial charge in [0.1, 0.15) is 10.5 Å². The van der Waals surface area contributed by atoms with Crippen molar-refractivity contribution in [3.63, 3.8) is 0 Å². The molecule has 0 bridgehead atoms. The average molecular weight is 477 g/mol. The van der Waals surface area contributed by atoms with Crippen molar-refractivity contribution >= 4 is 45.0 Å². The molecule has 170 valence electrons. The van der Waals surface area contributed by atoms with Crippen molar-refractivity contribution in [3.8, 4) is 0 Å². The number of hydrogen-bond acceptors (Lipinski definition) is 9. The van der Waals surface area contributed by atoms with Crippen LogP contribution in [0.4, 0.5) is 10.8 Å². The number of non-ortho nitro benzene ring substituents is 1. The predicted octanol–water partition coefficient (Wildman–Crippen LogP) is 4.00. The number of para-hydroxylation sites is 1. The number of ether oxygens (including phenoxy) is 1. The van der Waals surface area contributed by atoms with Crippen LogP contribution in [0.1, 0.15) is 43.1 Å². The molecule has 0 N–H and O–H groups in total. The molecule has 2 aromatic carbocycles. The number of nitrogens with zero attached hydrogens (tertiary/aromatic N) is 3. The summed E-state index contributed by atoms with van der Waals surface area (Å²) in [5.74, 6) is -1.43. The van der Waals surface area contributed by atoms with Crippen molar-refractivity contribution in [1.29, 1.82) is 0 Å². The number of thiazole rings is 1. The molecule has 11 heteroatoms. The minimum Gasteiger partial charge on any atom is -0.465 e. The lowest BCUT2D eigenvalue weighted by atomic mass is 9.98. The normalized spacial score (nSPS) is 14.9. The first-order chi connectivity index (χ1) is 16.3. The fourth-order valence-corrected chi connectivity index (χ4v) is 5.02. The molecule has 1 atom stereocenters.